The van der Waals surface area contributed by atoms with Crippen molar-refractivity contribution in [1.82, 2.24) is 0 Å². The lowest BCUT2D eigenvalue weighted by Crippen LogP contribution is -2.21. The first-order valence-corrected chi connectivity index (χ1v) is 9.54. The highest BCUT2D eigenvalue weighted by Gasteiger charge is 2.28. The Morgan fingerprint density at radius 2 is 0.885 bits per heavy atom. The minimum atomic E-state index is -2.52. The standard InChI is InChI=1S/C8H17F.C7H14F2.C7H15F/c1-7(2,3)6-8(4,5)9;1-6(2,3)5-7(4,8)9;1-6(8)5-7(2,3)4/h6H2,1-5H3;5H2,1-4H3;6H,5H2,1-4H3. The van der Waals surface area contributed by atoms with E-state index in [9.17, 15) is 17.6 Å². The van der Waals surface area contributed by atoms with E-state index in [0.717, 1.165) is 6.92 Å². The molecule has 1 atom stereocenters. The summed E-state index contributed by atoms with van der Waals surface area (Å²) in [6, 6.07) is 0. The molecular formula is C22H46F4. The zero-order chi connectivity index (χ0) is 22.2. The normalized spacial score (nSPS) is 14.7. The van der Waals surface area contributed by atoms with Gasteiger partial charge in [-0.2, -0.15) is 0 Å². The van der Waals surface area contributed by atoms with Gasteiger partial charge in [0.05, 0.1) is 6.17 Å². The van der Waals surface area contributed by atoms with E-state index in [1.165, 1.54) is 0 Å². The van der Waals surface area contributed by atoms with Gasteiger partial charge >= 0.3 is 0 Å². The predicted molar refractivity (Wildman–Crippen MR) is 109 cm³/mol. The number of hydrogen-bond donors (Lipinski definition) is 0. The first kappa shape index (κ1) is 30.4. The van der Waals surface area contributed by atoms with Crippen LogP contribution in [-0.2, 0) is 0 Å². The van der Waals surface area contributed by atoms with Gasteiger partial charge in [-0.05, 0) is 56.8 Å². The predicted octanol–water partition coefficient (Wildman–Crippen LogP) is 9.03. The zero-order valence-corrected chi connectivity index (χ0v) is 19.7. The van der Waals surface area contributed by atoms with Crippen LogP contribution in [0.15, 0.2) is 0 Å². The van der Waals surface area contributed by atoms with Crippen molar-refractivity contribution in [2.24, 2.45) is 16.2 Å². The summed E-state index contributed by atoms with van der Waals surface area (Å²) in [4.78, 5) is 0. The highest BCUT2D eigenvalue weighted by Crippen LogP contribution is 2.30. The molecule has 1 unspecified atom stereocenters. The van der Waals surface area contributed by atoms with Crippen LogP contribution in [0.25, 0.3) is 0 Å². The van der Waals surface area contributed by atoms with Crippen molar-refractivity contribution in [2.75, 3.05) is 0 Å². The van der Waals surface area contributed by atoms with Crippen LogP contribution in [0, 0.1) is 16.2 Å². The lowest BCUT2D eigenvalue weighted by Gasteiger charge is -2.25. The van der Waals surface area contributed by atoms with Crippen LogP contribution in [0.3, 0.4) is 0 Å². The quantitative estimate of drug-likeness (QED) is 0.424. The molecule has 0 amide bonds. The third-order valence-electron chi connectivity index (χ3n) is 2.69. The Labute approximate surface area is 161 Å². The molecule has 0 aliphatic rings. The molecule has 0 radical (unpaired) electrons. The Morgan fingerprint density at radius 3 is 0.885 bits per heavy atom. The lowest BCUT2D eigenvalue weighted by atomic mass is 9.85. The van der Waals surface area contributed by atoms with E-state index in [2.05, 4.69) is 0 Å². The van der Waals surface area contributed by atoms with Gasteiger partial charge in [-0.25, -0.2) is 17.6 Å². The van der Waals surface area contributed by atoms with E-state index in [-0.39, 0.29) is 22.7 Å². The van der Waals surface area contributed by atoms with Gasteiger partial charge in [0.2, 0.25) is 5.92 Å². The SMILES string of the molecule is CC(C)(C)CC(C)(C)F.CC(C)(C)CC(C)(F)F.CC(F)CC(C)(C)C. The largest absolute Gasteiger partial charge is 0.248 e. The maximum Gasteiger partial charge on any atom is 0.245 e. The van der Waals surface area contributed by atoms with Crippen LogP contribution in [0.5, 0.6) is 0 Å². The second-order valence-corrected chi connectivity index (χ2v) is 11.8. The third-order valence-corrected chi connectivity index (χ3v) is 2.69. The van der Waals surface area contributed by atoms with Gasteiger partial charge in [0.25, 0.3) is 0 Å². The fraction of sp³-hybridized carbons (Fsp3) is 1.00. The number of rotatable bonds is 3. The van der Waals surface area contributed by atoms with Crippen LogP contribution >= 0.6 is 0 Å². The van der Waals surface area contributed by atoms with Crippen molar-refractivity contribution in [2.45, 2.75) is 127 Å². The molecule has 0 aromatic heterocycles. The minimum Gasteiger partial charge on any atom is -0.248 e. The van der Waals surface area contributed by atoms with Gasteiger partial charge < -0.3 is 0 Å². The fourth-order valence-corrected chi connectivity index (χ4v) is 3.04. The Kier molecular flexibility index (Phi) is 12.8. The molecule has 0 aromatic rings. The second-order valence-electron chi connectivity index (χ2n) is 11.8. The van der Waals surface area contributed by atoms with Gasteiger partial charge in [-0.15, -0.1) is 0 Å². The Balaban J connectivity index is -0.000000306. The van der Waals surface area contributed by atoms with Crippen LogP contribution in [0.4, 0.5) is 17.6 Å². The molecule has 26 heavy (non-hydrogen) atoms. The number of halogens is 4. The first-order chi connectivity index (χ1) is 10.8. The second kappa shape index (κ2) is 10.9. The molecule has 4 heteroatoms. The first-order valence-electron chi connectivity index (χ1n) is 9.54. The Bertz CT molecular complexity index is 289. The summed E-state index contributed by atoms with van der Waals surface area (Å²) in [5.41, 5.74) is -1.02. The molecule has 0 saturated carbocycles. The maximum absolute atomic E-state index is 12.9. The summed E-state index contributed by atoms with van der Waals surface area (Å²) in [6.07, 6.45) is 0.586. The van der Waals surface area contributed by atoms with Crippen molar-refractivity contribution < 1.29 is 17.6 Å². The van der Waals surface area contributed by atoms with E-state index < -0.39 is 17.8 Å². The van der Waals surface area contributed by atoms with Crippen LogP contribution in [-0.4, -0.2) is 17.8 Å². The highest BCUT2D eigenvalue weighted by atomic mass is 19.3. The van der Waals surface area contributed by atoms with E-state index in [4.69, 9.17) is 0 Å². The molecule has 0 aromatic carbocycles. The maximum atomic E-state index is 12.9. The lowest BCUT2D eigenvalue weighted by molar-refractivity contribution is -0.0168. The van der Waals surface area contributed by atoms with Crippen LogP contribution < -0.4 is 0 Å². The molecule has 0 spiro atoms. The van der Waals surface area contributed by atoms with Crippen molar-refractivity contribution in [1.29, 1.82) is 0 Å². The van der Waals surface area contributed by atoms with Gasteiger partial charge in [0, 0.05) is 6.42 Å². The fourth-order valence-electron chi connectivity index (χ4n) is 3.04. The summed E-state index contributed by atoms with van der Waals surface area (Å²) in [5.74, 6) is -2.52. The summed E-state index contributed by atoms with van der Waals surface area (Å²) in [5, 5.41) is 0. The topological polar surface area (TPSA) is 0 Å². The van der Waals surface area contributed by atoms with E-state index in [1.807, 2.05) is 62.3 Å². The molecule has 0 N–H and O–H groups in total. The average Bonchev–Trinajstić information content (AvgIpc) is 1.99. The molecule has 0 aliphatic carbocycles. The smallest absolute Gasteiger partial charge is 0.245 e. The van der Waals surface area contributed by atoms with E-state index in [0.29, 0.717) is 12.8 Å². The van der Waals surface area contributed by atoms with Crippen molar-refractivity contribution >= 4 is 0 Å². The average molecular weight is 387 g/mol. The Morgan fingerprint density at radius 1 is 0.577 bits per heavy atom. The zero-order valence-electron chi connectivity index (χ0n) is 19.7. The van der Waals surface area contributed by atoms with E-state index in [1.54, 1.807) is 20.8 Å². The number of hydrogen-bond acceptors (Lipinski definition) is 0. The summed E-state index contributed by atoms with van der Waals surface area (Å²) in [7, 11) is 0. The monoisotopic (exact) mass is 386 g/mol. The molecule has 0 fully saturated rings. The molecular weight excluding hydrogens is 340 g/mol. The molecule has 0 rings (SSSR count). The molecule has 0 heterocycles. The molecule has 0 nitrogen and oxygen atoms in total. The number of alkyl halides is 4. The minimum absolute atomic E-state index is 0.0417. The van der Waals surface area contributed by atoms with Gasteiger partial charge in [0.1, 0.15) is 5.67 Å². The molecule has 0 saturated heterocycles. The van der Waals surface area contributed by atoms with Gasteiger partial charge in [0.15, 0.2) is 0 Å². The third kappa shape index (κ3) is 43.8. The van der Waals surface area contributed by atoms with Crippen LogP contribution in [0.2, 0.25) is 0 Å². The van der Waals surface area contributed by atoms with E-state index >= 15 is 0 Å². The summed E-state index contributed by atoms with van der Waals surface area (Å²) >= 11 is 0. The highest BCUT2D eigenvalue weighted by molar-refractivity contribution is 4.74. The molecule has 0 bridgehead atoms. The summed E-state index contributed by atoms with van der Waals surface area (Å²) in [6.45, 7) is 23.5. The van der Waals surface area contributed by atoms with Crippen molar-refractivity contribution in [3.05, 3.63) is 0 Å². The van der Waals surface area contributed by atoms with Gasteiger partial charge in [-0.3, -0.25) is 0 Å². The molecule has 162 valence electrons. The van der Waals surface area contributed by atoms with Crippen LogP contribution in [0.1, 0.15) is 109 Å². The van der Waals surface area contributed by atoms with Crippen molar-refractivity contribution in [3.63, 3.8) is 0 Å². The van der Waals surface area contributed by atoms with Crippen molar-refractivity contribution in [3.8, 4) is 0 Å². The molecule has 0 aliphatic heterocycles. The van der Waals surface area contributed by atoms with Gasteiger partial charge in [-0.1, -0.05) is 62.3 Å². The summed E-state index contributed by atoms with van der Waals surface area (Å²) < 4.78 is 49.5. The Hall–Kier alpha value is -0.280.